The highest BCUT2D eigenvalue weighted by Gasteiger charge is 2.16. The molecule has 178 valence electrons. The minimum atomic E-state index is -3.73. The number of benzene rings is 1. The molecule has 3 aromatic heterocycles. The maximum atomic E-state index is 12.6. The first-order chi connectivity index (χ1) is 16.3. The Balaban J connectivity index is 1.53. The summed E-state index contributed by atoms with van der Waals surface area (Å²) in [7, 11) is -2.28. The first-order valence-corrected chi connectivity index (χ1v) is 12.3. The minimum absolute atomic E-state index is 0.0843. The van der Waals surface area contributed by atoms with Crippen molar-refractivity contribution in [1.82, 2.24) is 23.8 Å². The van der Waals surface area contributed by atoms with E-state index in [9.17, 15) is 18.0 Å². The lowest BCUT2D eigenvalue weighted by Crippen LogP contribution is -2.38. The van der Waals surface area contributed by atoms with E-state index in [0.717, 1.165) is 11.0 Å². The summed E-state index contributed by atoms with van der Waals surface area (Å²) < 4.78 is 35.7. The van der Waals surface area contributed by atoms with Gasteiger partial charge in [-0.05, 0) is 36.2 Å². The maximum absolute atomic E-state index is 12.6. The zero-order valence-corrected chi connectivity index (χ0v) is 19.6. The number of pyridine rings is 1. The SMILES string of the molecule is CCCn1c(=O)n(C)c(=O)c2[nH]c(-c3ccc(S(=O)(=O)NCCOc4ccccn4)cc3)cc21. The first kappa shape index (κ1) is 23.5. The second kappa shape index (κ2) is 9.65. The quantitative estimate of drug-likeness (QED) is 0.350. The van der Waals surface area contributed by atoms with Crippen molar-refractivity contribution in [3.8, 4) is 17.1 Å². The topological polar surface area (TPSA) is 128 Å². The number of hydrogen-bond acceptors (Lipinski definition) is 6. The molecule has 4 aromatic rings. The smallest absolute Gasteiger partial charge is 0.331 e. The Hall–Kier alpha value is -3.70. The van der Waals surface area contributed by atoms with Crippen molar-refractivity contribution in [3.05, 3.63) is 75.6 Å². The summed E-state index contributed by atoms with van der Waals surface area (Å²) in [6.45, 7) is 2.65. The summed E-state index contributed by atoms with van der Waals surface area (Å²) in [6, 6.07) is 13.2. The number of aromatic amines is 1. The molecule has 0 spiro atoms. The van der Waals surface area contributed by atoms with Crippen molar-refractivity contribution in [1.29, 1.82) is 0 Å². The Morgan fingerprint density at radius 2 is 1.88 bits per heavy atom. The fourth-order valence-electron chi connectivity index (χ4n) is 3.61. The molecule has 0 aliphatic heterocycles. The van der Waals surface area contributed by atoms with E-state index in [1.807, 2.05) is 6.92 Å². The van der Waals surface area contributed by atoms with Crippen molar-refractivity contribution in [3.63, 3.8) is 0 Å². The molecule has 2 N–H and O–H groups in total. The molecule has 10 nitrogen and oxygen atoms in total. The van der Waals surface area contributed by atoms with Crippen LogP contribution >= 0.6 is 0 Å². The van der Waals surface area contributed by atoms with E-state index in [1.165, 1.54) is 19.2 Å². The molecule has 1 aromatic carbocycles. The van der Waals surface area contributed by atoms with Gasteiger partial charge < -0.3 is 9.72 Å². The molecule has 0 saturated carbocycles. The van der Waals surface area contributed by atoms with Gasteiger partial charge in [-0.3, -0.25) is 13.9 Å². The third kappa shape index (κ3) is 4.66. The van der Waals surface area contributed by atoms with Gasteiger partial charge in [0.05, 0.1) is 10.4 Å². The molecule has 0 radical (unpaired) electrons. The molecule has 0 aliphatic rings. The molecule has 4 rings (SSSR count). The van der Waals surface area contributed by atoms with Crippen LogP contribution < -0.4 is 20.7 Å². The van der Waals surface area contributed by atoms with E-state index in [1.54, 1.807) is 47.2 Å². The van der Waals surface area contributed by atoms with Crippen molar-refractivity contribution in [2.45, 2.75) is 24.8 Å². The summed E-state index contributed by atoms with van der Waals surface area (Å²) in [4.78, 5) is 32.3. The number of rotatable bonds is 9. The molecule has 0 amide bonds. The van der Waals surface area contributed by atoms with Crippen molar-refractivity contribution in [2.75, 3.05) is 13.2 Å². The zero-order valence-electron chi connectivity index (χ0n) is 18.8. The molecule has 0 atom stereocenters. The van der Waals surface area contributed by atoms with Crippen molar-refractivity contribution in [2.24, 2.45) is 7.05 Å². The molecule has 3 heterocycles. The lowest BCUT2D eigenvalue weighted by atomic mass is 10.1. The van der Waals surface area contributed by atoms with Crippen LogP contribution in [0.5, 0.6) is 5.88 Å². The number of nitrogens with zero attached hydrogens (tertiary/aromatic N) is 3. The van der Waals surface area contributed by atoms with Gasteiger partial charge in [-0.25, -0.2) is 22.9 Å². The number of sulfonamides is 1. The molecule has 0 aliphatic carbocycles. The predicted molar refractivity (Wildman–Crippen MR) is 128 cm³/mol. The van der Waals surface area contributed by atoms with Gasteiger partial charge >= 0.3 is 5.69 Å². The van der Waals surface area contributed by atoms with Crippen LogP contribution in [0.1, 0.15) is 13.3 Å². The van der Waals surface area contributed by atoms with Crippen LogP contribution in [0.2, 0.25) is 0 Å². The fourth-order valence-corrected chi connectivity index (χ4v) is 4.63. The standard InChI is InChI=1S/C23H25N5O5S/c1-3-13-28-19-15-18(26-21(19)22(29)27(2)23(28)30)16-7-9-17(10-8-16)34(31,32)25-12-14-33-20-6-4-5-11-24-20/h4-11,15,25-26H,3,12-14H2,1-2H3. The van der Waals surface area contributed by atoms with Crippen LogP contribution in [-0.2, 0) is 23.6 Å². The number of H-pyrrole nitrogens is 1. The van der Waals surface area contributed by atoms with Gasteiger partial charge in [-0.1, -0.05) is 25.1 Å². The van der Waals surface area contributed by atoms with Crippen LogP contribution in [0, 0.1) is 0 Å². The van der Waals surface area contributed by atoms with Gasteiger partial charge in [-0.15, -0.1) is 0 Å². The Morgan fingerprint density at radius 3 is 2.56 bits per heavy atom. The summed E-state index contributed by atoms with van der Waals surface area (Å²) in [6.07, 6.45) is 2.33. The highest BCUT2D eigenvalue weighted by molar-refractivity contribution is 7.89. The van der Waals surface area contributed by atoms with E-state index >= 15 is 0 Å². The number of hydrogen-bond donors (Lipinski definition) is 2. The third-order valence-electron chi connectivity index (χ3n) is 5.33. The number of fused-ring (bicyclic) bond motifs is 1. The van der Waals surface area contributed by atoms with E-state index in [2.05, 4.69) is 14.7 Å². The van der Waals surface area contributed by atoms with E-state index in [4.69, 9.17) is 4.74 Å². The molecule has 0 bridgehead atoms. The van der Waals surface area contributed by atoms with Gasteiger partial charge in [0.1, 0.15) is 12.1 Å². The van der Waals surface area contributed by atoms with Crippen molar-refractivity contribution < 1.29 is 13.2 Å². The fraction of sp³-hybridized carbons (Fsp3) is 0.261. The molecular weight excluding hydrogens is 458 g/mol. The van der Waals surface area contributed by atoms with Gasteiger partial charge in [0, 0.05) is 38.1 Å². The van der Waals surface area contributed by atoms with Gasteiger partial charge in [0.15, 0.2) is 0 Å². The molecule has 11 heteroatoms. The van der Waals surface area contributed by atoms with Crippen LogP contribution in [0.4, 0.5) is 0 Å². The Morgan fingerprint density at radius 1 is 1.12 bits per heavy atom. The highest BCUT2D eigenvalue weighted by atomic mass is 32.2. The minimum Gasteiger partial charge on any atom is -0.476 e. The van der Waals surface area contributed by atoms with Crippen LogP contribution in [0.25, 0.3) is 22.3 Å². The second-order valence-electron chi connectivity index (χ2n) is 7.68. The molecule has 0 saturated heterocycles. The molecule has 0 fully saturated rings. The number of aryl methyl sites for hydroxylation is 1. The van der Waals surface area contributed by atoms with Crippen LogP contribution in [0.3, 0.4) is 0 Å². The average Bonchev–Trinajstić information content (AvgIpc) is 3.29. The molecule has 34 heavy (non-hydrogen) atoms. The molecular formula is C23H25N5O5S. The lowest BCUT2D eigenvalue weighted by molar-refractivity contribution is 0.310. The van der Waals surface area contributed by atoms with Gasteiger partial charge in [0.2, 0.25) is 15.9 Å². The normalized spacial score (nSPS) is 11.7. The maximum Gasteiger partial charge on any atom is 0.331 e. The van der Waals surface area contributed by atoms with Gasteiger partial charge in [-0.2, -0.15) is 0 Å². The lowest BCUT2D eigenvalue weighted by Gasteiger charge is -2.08. The summed E-state index contributed by atoms with van der Waals surface area (Å²) in [5, 5.41) is 0. The Kier molecular flexibility index (Phi) is 6.66. The summed E-state index contributed by atoms with van der Waals surface area (Å²) in [5.74, 6) is 0.420. The second-order valence-corrected chi connectivity index (χ2v) is 9.45. The number of ether oxygens (including phenoxy) is 1. The summed E-state index contributed by atoms with van der Waals surface area (Å²) >= 11 is 0. The van der Waals surface area contributed by atoms with E-state index in [0.29, 0.717) is 34.7 Å². The van der Waals surface area contributed by atoms with Crippen LogP contribution in [-0.4, -0.2) is 40.7 Å². The number of aromatic nitrogens is 4. The predicted octanol–water partition coefficient (Wildman–Crippen LogP) is 1.86. The average molecular weight is 484 g/mol. The zero-order chi connectivity index (χ0) is 24.3. The first-order valence-electron chi connectivity index (χ1n) is 10.8. The number of nitrogens with one attached hydrogen (secondary N) is 2. The largest absolute Gasteiger partial charge is 0.476 e. The van der Waals surface area contributed by atoms with Crippen molar-refractivity contribution >= 4 is 21.1 Å². The summed E-state index contributed by atoms with van der Waals surface area (Å²) in [5.41, 5.74) is 1.38. The van der Waals surface area contributed by atoms with Gasteiger partial charge in [0.25, 0.3) is 5.56 Å². The monoisotopic (exact) mass is 483 g/mol. The van der Waals surface area contributed by atoms with E-state index in [-0.39, 0.29) is 23.7 Å². The molecule has 0 unspecified atom stereocenters. The Bertz CT molecular complexity index is 1520. The highest BCUT2D eigenvalue weighted by Crippen LogP contribution is 2.23. The van der Waals surface area contributed by atoms with E-state index < -0.39 is 15.6 Å². The van der Waals surface area contributed by atoms with Crippen LogP contribution in [0.15, 0.2) is 69.2 Å². The third-order valence-corrected chi connectivity index (χ3v) is 6.81. The Labute approximate surface area is 195 Å².